The van der Waals surface area contributed by atoms with Gasteiger partial charge >= 0.3 is 39.5 Å². The molecule has 0 amide bonds. The molecule has 0 fully saturated rings. The largest absolute Gasteiger partial charge is 0.472 e. The minimum absolute atomic E-state index is 0.104. The van der Waals surface area contributed by atoms with Crippen molar-refractivity contribution in [3.63, 3.8) is 0 Å². The molecule has 0 aliphatic carbocycles. The fourth-order valence-electron chi connectivity index (χ4n) is 11.9. The summed E-state index contributed by atoms with van der Waals surface area (Å²) in [6, 6.07) is 0. The molecule has 0 heterocycles. The second kappa shape index (κ2) is 67.2. The first-order valence-corrected chi connectivity index (χ1v) is 43.2. The van der Waals surface area contributed by atoms with Crippen LogP contribution < -0.4 is 0 Å². The first-order chi connectivity index (χ1) is 46.6. The third kappa shape index (κ3) is 70.9. The van der Waals surface area contributed by atoms with Crippen LogP contribution in [0.15, 0.2) is 0 Å². The van der Waals surface area contributed by atoms with Crippen molar-refractivity contribution < 1.29 is 80.2 Å². The van der Waals surface area contributed by atoms with Crippen LogP contribution in [0.2, 0.25) is 0 Å². The predicted octanol–water partition coefficient (Wildman–Crippen LogP) is 22.8. The summed E-state index contributed by atoms with van der Waals surface area (Å²) in [7, 11) is -9.92. The number of phosphoric ester groups is 2. The molecule has 19 heteroatoms. The zero-order valence-electron chi connectivity index (χ0n) is 63.7. The van der Waals surface area contributed by atoms with Gasteiger partial charge in [-0.05, 0) is 49.4 Å². The van der Waals surface area contributed by atoms with Crippen LogP contribution in [0.5, 0.6) is 0 Å². The lowest BCUT2D eigenvalue weighted by Crippen LogP contribution is -2.30. The average Bonchev–Trinajstić information content (AvgIpc) is 1.37. The van der Waals surface area contributed by atoms with Crippen LogP contribution in [0, 0.1) is 23.7 Å². The van der Waals surface area contributed by atoms with Gasteiger partial charge in [0.05, 0.1) is 26.4 Å². The van der Waals surface area contributed by atoms with Crippen LogP contribution in [0.25, 0.3) is 0 Å². The van der Waals surface area contributed by atoms with E-state index in [-0.39, 0.29) is 25.7 Å². The minimum Gasteiger partial charge on any atom is -0.462 e. The van der Waals surface area contributed by atoms with Crippen LogP contribution in [0.1, 0.15) is 396 Å². The summed E-state index contributed by atoms with van der Waals surface area (Å²) in [5.74, 6) is 0.945. The van der Waals surface area contributed by atoms with Crippen molar-refractivity contribution in [1.29, 1.82) is 0 Å². The summed E-state index contributed by atoms with van der Waals surface area (Å²) in [5, 5.41) is 10.6. The zero-order valence-corrected chi connectivity index (χ0v) is 65.5. The SMILES string of the molecule is CCC(C)CCCCCCCCCCC(=O)O[C@H](COC(=O)CCCCCCCCCC(C)C)COP(=O)(O)OCC(O)COP(=O)(O)OC[C@@H](COC(=O)CCCCCCCCCCCCCC(C)C)OC(=O)CCCCCCCCCCCCCCCCCCCCC(C)C. The molecule has 0 saturated heterocycles. The summed E-state index contributed by atoms with van der Waals surface area (Å²) in [5.41, 5.74) is 0. The monoisotopic (exact) mass is 1420 g/mol. The zero-order chi connectivity index (χ0) is 71.7. The molecule has 97 heavy (non-hydrogen) atoms. The Hall–Kier alpha value is -1.94. The van der Waals surface area contributed by atoms with Crippen LogP contribution >= 0.6 is 15.6 Å². The summed E-state index contributed by atoms with van der Waals surface area (Å²) in [6.07, 6.45) is 52.9. The highest BCUT2D eigenvalue weighted by Crippen LogP contribution is 2.45. The van der Waals surface area contributed by atoms with Gasteiger partial charge in [-0.25, -0.2) is 9.13 Å². The molecule has 0 spiro atoms. The highest BCUT2D eigenvalue weighted by molar-refractivity contribution is 7.47. The van der Waals surface area contributed by atoms with Gasteiger partial charge in [0.25, 0.3) is 0 Å². The van der Waals surface area contributed by atoms with Crippen molar-refractivity contribution in [2.45, 2.75) is 414 Å². The van der Waals surface area contributed by atoms with Crippen molar-refractivity contribution in [2.24, 2.45) is 23.7 Å². The van der Waals surface area contributed by atoms with Crippen molar-refractivity contribution >= 4 is 39.5 Å². The number of aliphatic hydroxyl groups excluding tert-OH is 1. The number of ether oxygens (including phenoxy) is 4. The molecule has 0 radical (unpaired) electrons. The van der Waals surface area contributed by atoms with E-state index < -0.39 is 97.5 Å². The standard InChI is InChI=1S/C78H152O17P2/c1-9-71(8)57-49-41-33-27-28-36-45-53-61-78(83)95-74(65-89-76(81)59-51-43-37-29-32-40-48-56-70(6)7)67-93-97(86,87)91-63-72(79)62-90-96(84,85)92-66-73(64-88-75(80)58-50-42-34-25-22-18-20-24-31-39-47-55-69(4)5)94-77(82)60-52-44-35-26-21-17-15-13-11-10-12-14-16-19-23-30-38-46-54-68(2)3/h68-74,79H,9-67H2,1-8H3,(H,84,85)(H,86,87)/t71?,72?,73-,74-/m1/s1. The number of hydrogen-bond acceptors (Lipinski definition) is 15. The van der Waals surface area contributed by atoms with E-state index in [9.17, 15) is 43.2 Å². The number of unbranched alkanes of at least 4 members (excludes halogenated alkanes) is 40. The van der Waals surface area contributed by atoms with Gasteiger partial charge in [0, 0.05) is 25.7 Å². The Balaban J connectivity index is 5.22. The Bertz CT molecular complexity index is 1900. The maximum atomic E-state index is 13.1. The van der Waals surface area contributed by atoms with Gasteiger partial charge in [-0.15, -0.1) is 0 Å². The van der Waals surface area contributed by atoms with E-state index in [4.69, 9.17) is 37.0 Å². The molecule has 6 atom stereocenters. The smallest absolute Gasteiger partial charge is 0.462 e. The van der Waals surface area contributed by atoms with Gasteiger partial charge in [-0.1, -0.05) is 344 Å². The van der Waals surface area contributed by atoms with E-state index in [0.29, 0.717) is 31.6 Å². The van der Waals surface area contributed by atoms with Gasteiger partial charge in [-0.2, -0.15) is 0 Å². The van der Waals surface area contributed by atoms with Crippen LogP contribution in [0.3, 0.4) is 0 Å². The first-order valence-electron chi connectivity index (χ1n) is 40.2. The maximum absolute atomic E-state index is 13.1. The Morgan fingerprint density at radius 1 is 0.289 bits per heavy atom. The summed E-state index contributed by atoms with van der Waals surface area (Å²) < 4.78 is 68.6. The Morgan fingerprint density at radius 3 is 0.732 bits per heavy atom. The summed E-state index contributed by atoms with van der Waals surface area (Å²) in [6.45, 7) is 14.2. The number of phosphoric acid groups is 2. The maximum Gasteiger partial charge on any atom is 0.472 e. The van der Waals surface area contributed by atoms with E-state index in [0.717, 1.165) is 114 Å². The quantitative estimate of drug-likeness (QED) is 0.0222. The number of esters is 4. The summed E-state index contributed by atoms with van der Waals surface area (Å²) in [4.78, 5) is 72.9. The molecule has 4 unspecified atom stereocenters. The van der Waals surface area contributed by atoms with Crippen molar-refractivity contribution in [2.75, 3.05) is 39.6 Å². The molecular formula is C78H152O17P2. The molecule has 0 rings (SSSR count). The number of hydrogen-bond donors (Lipinski definition) is 3. The van der Waals surface area contributed by atoms with Gasteiger partial charge in [0.2, 0.25) is 0 Å². The first kappa shape index (κ1) is 95.1. The number of carbonyl (C=O) groups is 4. The third-order valence-corrected chi connectivity index (χ3v) is 20.3. The average molecular weight is 1420 g/mol. The van der Waals surface area contributed by atoms with Crippen LogP contribution in [0.4, 0.5) is 0 Å². The molecule has 17 nitrogen and oxygen atoms in total. The van der Waals surface area contributed by atoms with Crippen molar-refractivity contribution in [3.8, 4) is 0 Å². The molecule has 3 N–H and O–H groups in total. The van der Waals surface area contributed by atoms with Gasteiger partial charge in [0.15, 0.2) is 12.2 Å². The van der Waals surface area contributed by atoms with E-state index in [2.05, 4.69) is 55.4 Å². The fourth-order valence-corrected chi connectivity index (χ4v) is 13.5. The third-order valence-electron chi connectivity index (χ3n) is 18.4. The molecule has 0 saturated carbocycles. The second-order valence-electron chi connectivity index (χ2n) is 29.8. The Morgan fingerprint density at radius 2 is 0.495 bits per heavy atom. The minimum atomic E-state index is -4.96. The molecule has 576 valence electrons. The Labute approximate surface area is 594 Å². The fraction of sp³-hybridized carbons (Fsp3) is 0.949. The molecular weight excluding hydrogens is 1270 g/mol. The van der Waals surface area contributed by atoms with Crippen molar-refractivity contribution in [3.05, 3.63) is 0 Å². The van der Waals surface area contributed by atoms with Crippen molar-refractivity contribution in [1.82, 2.24) is 0 Å². The normalized spacial score (nSPS) is 14.4. The predicted molar refractivity (Wildman–Crippen MR) is 395 cm³/mol. The number of aliphatic hydroxyl groups is 1. The second-order valence-corrected chi connectivity index (χ2v) is 32.7. The molecule has 0 aliphatic rings. The number of carbonyl (C=O) groups excluding carboxylic acids is 4. The van der Waals surface area contributed by atoms with E-state index in [1.165, 1.54) is 193 Å². The lowest BCUT2D eigenvalue weighted by Gasteiger charge is -2.21. The highest BCUT2D eigenvalue weighted by Gasteiger charge is 2.30. The van der Waals surface area contributed by atoms with E-state index in [1.807, 2.05) is 0 Å². The number of rotatable bonds is 75. The molecule has 0 aromatic heterocycles. The van der Waals surface area contributed by atoms with E-state index in [1.54, 1.807) is 0 Å². The highest BCUT2D eigenvalue weighted by atomic mass is 31.2. The Kier molecular flexibility index (Phi) is 65.9. The van der Waals surface area contributed by atoms with Crippen LogP contribution in [-0.2, 0) is 65.4 Å². The molecule has 0 bridgehead atoms. The topological polar surface area (TPSA) is 237 Å². The summed E-state index contributed by atoms with van der Waals surface area (Å²) >= 11 is 0. The van der Waals surface area contributed by atoms with Gasteiger partial charge in [0.1, 0.15) is 19.3 Å². The molecule has 0 aromatic rings. The lowest BCUT2D eigenvalue weighted by molar-refractivity contribution is -0.161. The van der Waals surface area contributed by atoms with E-state index >= 15 is 0 Å². The molecule has 0 aliphatic heterocycles. The molecule has 0 aromatic carbocycles. The van der Waals surface area contributed by atoms with Gasteiger partial charge in [-0.3, -0.25) is 37.3 Å². The van der Waals surface area contributed by atoms with Gasteiger partial charge < -0.3 is 33.8 Å². The lowest BCUT2D eigenvalue weighted by atomic mass is 9.99. The van der Waals surface area contributed by atoms with Crippen LogP contribution in [-0.4, -0.2) is 96.7 Å².